The molecule has 1 rings (SSSR count). The van der Waals surface area contributed by atoms with Crippen molar-refractivity contribution in [1.29, 1.82) is 0 Å². The van der Waals surface area contributed by atoms with E-state index in [2.05, 4.69) is 5.32 Å². The fourth-order valence-electron chi connectivity index (χ4n) is 1.35. The van der Waals surface area contributed by atoms with Crippen LogP contribution in [-0.2, 0) is 4.74 Å². The first-order valence-electron chi connectivity index (χ1n) is 5.34. The molecule has 0 fully saturated rings. The first-order chi connectivity index (χ1) is 7.53. The maximum Gasteiger partial charge on any atom is 0.0813 e. The maximum atomic E-state index is 10.0. The van der Waals surface area contributed by atoms with Gasteiger partial charge in [-0.25, -0.2) is 0 Å². The highest BCUT2D eigenvalue weighted by Gasteiger charge is 2.19. The van der Waals surface area contributed by atoms with Gasteiger partial charge in [-0.3, -0.25) is 0 Å². The smallest absolute Gasteiger partial charge is 0.0813 e. The van der Waals surface area contributed by atoms with Crippen molar-refractivity contribution in [3.63, 3.8) is 0 Å². The first-order valence-corrected chi connectivity index (χ1v) is 5.34. The van der Waals surface area contributed by atoms with Crippen molar-refractivity contribution in [2.45, 2.75) is 18.9 Å². The van der Waals surface area contributed by atoms with Crippen LogP contribution in [0.3, 0.4) is 0 Å². The molecule has 4 nitrogen and oxygen atoms in total. The summed E-state index contributed by atoms with van der Waals surface area (Å²) in [5, 5.41) is 13.2. The summed E-state index contributed by atoms with van der Waals surface area (Å²) in [6.45, 7) is 2.80. The average Bonchev–Trinajstić information content (AvgIpc) is 2.24. The van der Waals surface area contributed by atoms with Crippen LogP contribution in [0.1, 0.15) is 13.3 Å². The van der Waals surface area contributed by atoms with E-state index in [9.17, 15) is 5.11 Å². The SMILES string of the molecule is COCCC(C)(O)CNc1cccc(N)c1. The predicted octanol–water partition coefficient (Wildman–Crippen LogP) is 1.47. The highest BCUT2D eigenvalue weighted by molar-refractivity contribution is 5.54. The summed E-state index contributed by atoms with van der Waals surface area (Å²) in [5.41, 5.74) is 6.50. The Hall–Kier alpha value is -1.26. The minimum Gasteiger partial charge on any atom is -0.399 e. The molecule has 4 heteroatoms. The number of rotatable bonds is 6. The molecule has 16 heavy (non-hydrogen) atoms. The Balaban J connectivity index is 2.44. The fraction of sp³-hybridized carbons (Fsp3) is 0.500. The zero-order chi connectivity index (χ0) is 12.0. The highest BCUT2D eigenvalue weighted by atomic mass is 16.5. The summed E-state index contributed by atoms with van der Waals surface area (Å²) in [7, 11) is 1.63. The largest absolute Gasteiger partial charge is 0.399 e. The van der Waals surface area contributed by atoms with Crippen LogP contribution < -0.4 is 11.1 Å². The molecule has 0 saturated carbocycles. The third-order valence-corrected chi connectivity index (χ3v) is 2.40. The molecule has 0 aliphatic rings. The van der Waals surface area contributed by atoms with Crippen molar-refractivity contribution in [2.75, 3.05) is 31.3 Å². The lowest BCUT2D eigenvalue weighted by molar-refractivity contribution is 0.0357. The van der Waals surface area contributed by atoms with E-state index < -0.39 is 5.60 Å². The van der Waals surface area contributed by atoms with E-state index >= 15 is 0 Å². The molecule has 0 aromatic heterocycles. The van der Waals surface area contributed by atoms with Crippen LogP contribution in [0.5, 0.6) is 0 Å². The van der Waals surface area contributed by atoms with E-state index in [1.165, 1.54) is 0 Å². The van der Waals surface area contributed by atoms with Gasteiger partial charge in [0.15, 0.2) is 0 Å². The third kappa shape index (κ3) is 4.51. The van der Waals surface area contributed by atoms with Crippen LogP contribution in [0.25, 0.3) is 0 Å². The molecular weight excluding hydrogens is 204 g/mol. The zero-order valence-electron chi connectivity index (χ0n) is 9.86. The van der Waals surface area contributed by atoms with Crippen LogP contribution >= 0.6 is 0 Å². The van der Waals surface area contributed by atoms with Gasteiger partial charge < -0.3 is 20.9 Å². The number of hydrogen-bond donors (Lipinski definition) is 3. The molecule has 0 bridgehead atoms. The van der Waals surface area contributed by atoms with E-state index in [4.69, 9.17) is 10.5 Å². The first kappa shape index (κ1) is 12.8. The molecule has 1 aromatic carbocycles. The van der Waals surface area contributed by atoms with Gasteiger partial charge in [0.1, 0.15) is 0 Å². The van der Waals surface area contributed by atoms with Crippen molar-refractivity contribution in [1.82, 2.24) is 0 Å². The Morgan fingerprint density at radius 2 is 2.25 bits per heavy atom. The lowest BCUT2D eigenvalue weighted by atomic mass is 10.0. The summed E-state index contributed by atoms with van der Waals surface area (Å²) >= 11 is 0. The summed E-state index contributed by atoms with van der Waals surface area (Å²) < 4.78 is 4.94. The van der Waals surface area contributed by atoms with Gasteiger partial charge in [0.25, 0.3) is 0 Å². The molecule has 1 atom stereocenters. The summed E-state index contributed by atoms with van der Waals surface area (Å²) in [5.74, 6) is 0. The second kappa shape index (κ2) is 5.72. The summed E-state index contributed by atoms with van der Waals surface area (Å²) in [4.78, 5) is 0. The van der Waals surface area contributed by atoms with E-state index in [1.807, 2.05) is 24.3 Å². The topological polar surface area (TPSA) is 67.5 Å². The molecule has 1 aromatic rings. The molecule has 0 saturated heterocycles. The molecule has 1 unspecified atom stereocenters. The van der Waals surface area contributed by atoms with Crippen molar-refractivity contribution < 1.29 is 9.84 Å². The second-order valence-corrected chi connectivity index (χ2v) is 4.22. The monoisotopic (exact) mass is 224 g/mol. The van der Waals surface area contributed by atoms with Crippen LogP contribution in [0.2, 0.25) is 0 Å². The number of anilines is 2. The molecule has 0 aliphatic carbocycles. The average molecular weight is 224 g/mol. The number of nitrogen functional groups attached to an aromatic ring is 1. The molecule has 0 radical (unpaired) electrons. The van der Waals surface area contributed by atoms with E-state index in [0.717, 1.165) is 5.69 Å². The van der Waals surface area contributed by atoms with Gasteiger partial charge in [-0.05, 0) is 25.1 Å². The molecule has 0 spiro atoms. The molecule has 0 amide bonds. The van der Waals surface area contributed by atoms with Crippen LogP contribution in [0, 0.1) is 0 Å². The predicted molar refractivity (Wildman–Crippen MR) is 66.5 cm³/mol. The number of benzene rings is 1. The Morgan fingerprint density at radius 1 is 1.50 bits per heavy atom. The lowest BCUT2D eigenvalue weighted by Gasteiger charge is -2.23. The maximum absolute atomic E-state index is 10.0. The van der Waals surface area contributed by atoms with Crippen LogP contribution in [-0.4, -0.2) is 31.0 Å². The minimum atomic E-state index is -0.777. The normalized spacial score (nSPS) is 14.4. The number of methoxy groups -OCH3 is 1. The Morgan fingerprint density at radius 3 is 2.88 bits per heavy atom. The molecule has 90 valence electrons. The molecule has 0 heterocycles. The van der Waals surface area contributed by atoms with Crippen molar-refractivity contribution in [3.05, 3.63) is 24.3 Å². The van der Waals surface area contributed by atoms with Gasteiger partial charge in [0, 0.05) is 38.1 Å². The second-order valence-electron chi connectivity index (χ2n) is 4.22. The summed E-state index contributed by atoms with van der Waals surface area (Å²) in [6.07, 6.45) is 0.596. The van der Waals surface area contributed by atoms with Gasteiger partial charge in [-0.15, -0.1) is 0 Å². The number of nitrogens with two attached hydrogens (primary N) is 1. The van der Waals surface area contributed by atoms with Crippen LogP contribution in [0.15, 0.2) is 24.3 Å². The Labute approximate surface area is 96.4 Å². The fourth-order valence-corrected chi connectivity index (χ4v) is 1.35. The molecule has 0 aliphatic heterocycles. The van der Waals surface area contributed by atoms with E-state index in [-0.39, 0.29) is 0 Å². The highest BCUT2D eigenvalue weighted by Crippen LogP contribution is 2.15. The number of hydrogen-bond acceptors (Lipinski definition) is 4. The van der Waals surface area contributed by atoms with Crippen molar-refractivity contribution in [2.24, 2.45) is 0 Å². The molecular formula is C12H20N2O2. The lowest BCUT2D eigenvalue weighted by Crippen LogP contribution is -2.34. The van der Waals surface area contributed by atoms with Crippen molar-refractivity contribution >= 4 is 11.4 Å². The van der Waals surface area contributed by atoms with Gasteiger partial charge in [-0.1, -0.05) is 6.07 Å². The van der Waals surface area contributed by atoms with Gasteiger partial charge >= 0.3 is 0 Å². The Bertz CT molecular complexity index is 327. The van der Waals surface area contributed by atoms with Crippen molar-refractivity contribution in [3.8, 4) is 0 Å². The number of aliphatic hydroxyl groups is 1. The van der Waals surface area contributed by atoms with Gasteiger partial charge in [0.2, 0.25) is 0 Å². The van der Waals surface area contributed by atoms with Crippen LogP contribution in [0.4, 0.5) is 11.4 Å². The van der Waals surface area contributed by atoms with Gasteiger partial charge in [0.05, 0.1) is 5.60 Å². The Kier molecular flexibility index (Phi) is 4.58. The number of ether oxygens (including phenoxy) is 1. The van der Waals surface area contributed by atoms with E-state index in [0.29, 0.717) is 25.3 Å². The van der Waals surface area contributed by atoms with Gasteiger partial charge in [-0.2, -0.15) is 0 Å². The third-order valence-electron chi connectivity index (χ3n) is 2.40. The quantitative estimate of drug-likeness (QED) is 0.640. The van der Waals surface area contributed by atoms with E-state index in [1.54, 1.807) is 14.0 Å². The standard InChI is InChI=1S/C12H20N2O2/c1-12(15,6-7-16-2)9-14-11-5-3-4-10(13)8-11/h3-5,8,14-15H,6-7,9,13H2,1-2H3. The molecule has 4 N–H and O–H groups in total. The zero-order valence-corrected chi connectivity index (χ0v) is 9.86. The summed E-state index contributed by atoms with van der Waals surface area (Å²) in [6, 6.07) is 7.46. The minimum absolute atomic E-state index is 0.472. The number of nitrogens with one attached hydrogen (secondary N) is 1.